The van der Waals surface area contributed by atoms with Crippen LogP contribution in [0.5, 0.6) is 0 Å². The van der Waals surface area contributed by atoms with Crippen molar-refractivity contribution in [1.29, 1.82) is 0 Å². The summed E-state index contributed by atoms with van der Waals surface area (Å²) in [6.07, 6.45) is 4.56. The molecule has 76 valence electrons. The lowest BCUT2D eigenvalue weighted by molar-refractivity contribution is 0.106. The second kappa shape index (κ2) is 5.03. The molecule has 2 N–H and O–H groups in total. The van der Waals surface area contributed by atoms with Crippen LogP contribution in [-0.4, -0.2) is 17.4 Å². The molecule has 0 spiro atoms. The summed E-state index contributed by atoms with van der Waals surface area (Å²) in [5.74, 6) is 0.568. The van der Waals surface area contributed by atoms with E-state index in [2.05, 4.69) is 30.9 Å². The van der Waals surface area contributed by atoms with Crippen molar-refractivity contribution in [2.45, 2.75) is 45.4 Å². The molecule has 1 rings (SSSR count). The van der Waals surface area contributed by atoms with Gasteiger partial charge in [-0.05, 0) is 30.1 Å². The van der Waals surface area contributed by atoms with Crippen LogP contribution in [0, 0.1) is 5.92 Å². The van der Waals surface area contributed by atoms with Crippen LogP contribution in [0.3, 0.4) is 0 Å². The number of hydrogen-bond acceptors (Lipinski definition) is 3. The molecular weight excluding hydrogens is 182 g/mol. The first-order valence-corrected chi connectivity index (χ1v) is 5.40. The maximum atomic E-state index is 9.44. The topological polar surface area (TPSA) is 32.3 Å². The van der Waals surface area contributed by atoms with Crippen LogP contribution >= 0.6 is 12.6 Å². The lowest BCUT2D eigenvalue weighted by Crippen LogP contribution is -2.42. The molecule has 0 bridgehead atoms. The summed E-state index contributed by atoms with van der Waals surface area (Å²) in [4.78, 5) is 1.18. The summed E-state index contributed by atoms with van der Waals surface area (Å²) < 4.78 is 0. The Bertz CT molecular complexity index is 193. The van der Waals surface area contributed by atoms with E-state index in [-0.39, 0.29) is 6.23 Å². The minimum Gasteiger partial charge on any atom is -0.379 e. The number of hydrogen-bond donors (Lipinski definition) is 3. The summed E-state index contributed by atoms with van der Waals surface area (Å²) in [6, 6.07) is 0.408. The van der Waals surface area contributed by atoms with Crippen molar-refractivity contribution in [2.75, 3.05) is 0 Å². The normalized spacial score (nSPS) is 31.2. The zero-order valence-corrected chi connectivity index (χ0v) is 9.22. The van der Waals surface area contributed by atoms with Crippen LogP contribution in [0.25, 0.3) is 0 Å². The maximum Gasteiger partial charge on any atom is 0.104 e. The van der Waals surface area contributed by atoms with Gasteiger partial charge in [-0.25, -0.2) is 0 Å². The van der Waals surface area contributed by atoms with E-state index < -0.39 is 0 Å². The molecule has 0 radical (unpaired) electrons. The minimum atomic E-state index is -0.359. The van der Waals surface area contributed by atoms with E-state index in [1.54, 1.807) is 0 Å². The Kier molecular flexibility index (Phi) is 4.29. The Morgan fingerprint density at radius 1 is 1.77 bits per heavy atom. The van der Waals surface area contributed by atoms with Gasteiger partial charge in [0.25, 0.3) is 0 Å². The van der Waals surface area contributed by atoms with Crippen LogP contribution in [0.2, 0.25) is 0 Å². The van der Waals surface area contributed by atoms with E-state index in [9.17, 15) is 5.11 Å². The Hall–Kier alpha value is 0.01000. The van der Waals surface area contributed by atoms with E-state index >= 15 is 0 Å². The molecule has 0 saturated carbocycles. The molecule has 3 atom stereocenters. The predicted molar refractivity (Wildman–Crippen MR) is 58.7 cm³/mol. The molecule has 0 aromatic carbocycles. The number of aliphatic hydroxyl groups excluding tert-OH is 1. The third kappa shape index (κ3) is 3.33. The van der Waals surface area contributed by atoms with Crippen LogP contribution in [-0.2, 0) is 0 Å². The first-order valence-electron chi connectivity index (χ1n) is 4.95. The highest BCUT2D eigenvalue weighted by atomic mass is 32.1. The SMILES string of the molecule is CCC(O)NC1CC=C(S)C[C@H]1C. The summed E-state index contributed by atoms with van der Waals surface area (Å²) in [6.45, 7) is 4.17. The molecule has 0 amide bonds. The molecule has 1 aliphatic rings. The summed E-state index contributed by atoms with van der Waals surface area (Å²) in [7, 11) is 0. The summed E-state index contributed by atoms with van der Waals surface area (Å²) in [5, 5.41) is 12.7. The van der Waals surface area contributed by atoms with E-state index in [0.717, 1.165) is 19.3 Å². The molecule has 0 aromatic rings. The van der Waals surface area contributed by atoms with Crippen molar-refractivity contribution in [3.8, 4) is 0 Å². The predicted octanol–water partition coefficient (Wildman–Crippen LogP) is 1.92. The fraction of sp³-hybridized carbons (Fsp3) is 0.800. The van der Waals surface area contributed by atoms with Crippen molar-refractivity contribution in [2.24, 2.45) is 5.92 Å². The summed E-state index contributed by atoms with van der Waals surface area (Å²) >= 11 is 4.35. The van der Waals surface area contributed by atoms with Crippen LogP contribution < -0.4 is 5.32 Å². The molecular formula is C10H19NOS. The number of nitrogens with one attached hydrogen (secondary N) is 1. The average molecular weight is 201 g/mol. The first kappa shape index (κ1) is 11.1. The Labute approximate surface area is 85.8 Å². The standard InChI is InChI=1S/C10H19NOS/c1-3-10(12)11-9-5-4-8(13)6-7(9)2/h4,7,9-13H,3,5-6H2,1-2H3/t7-,9?,10?/m1/s1. The third-order valence-corrected chi connectivity index (χ3v) is 2.98. The molecule has 2 unspecified atom stereocenters. The van der Waals surface area contributed by atoms with Crippen LogP contribution in [0.1, 0.15) is 33.1 Å². The Balaban J connectivity index is 2.43. The van der Waals surface area contributed by atoms with Gasteiger partial charge in [0, 0.05) is 6.04 Å². The van der Waals surface area contributed by atoms with Crippen molar-refractivity contribution < 1.29 is 5.11 Å². The molecule has 2 nitrogen and oxygen atoms in total. The second-order valence-corrected chi connectivity index (χ2v) is 4.38. The first-order chi connectivity index (χ1) is 6.13. The van der Waals surface area contributed by atoms with E-state index in [4.69, 9.17) is 0 Å². The molecule has 1 aliphatic carbocycles. The smallest absolute Gasteiger partial charge is 0.104 e. The molecule has 0 aliphatic heterocycles. The van der Waals surface area contributed by atoms with Gasteiger partial charge in [0.05, 0.1) is 0 Å². The van der Waals surface area contributed by atoms with Gasteiger partial charge in [-0.15, -0.1) is 12.6 Å². The van der Waals surface area contributed by atoms with E-state index in [1.165, 1.54) is 4.91 Å². The third-order valence-electron chi connectivity index (χ3n) is 2.62. The van der Waals surface area contributed by atoms with Gasteiger partial charge >= 0.3 is 0 Å². The van der Waals surface area contributed by atoms with Gasteiger partial charge < -0.3 is 5.11 Å². The monoisotopic (exact) mass is 201 g/mol. The van der Waals surface area contributed by atoms with Gasteiger partial charge in [-0.3, -0.25) is 5.32 Å². The van der Waals surface area contributed by atoms with Gasteiger partial charge in [0.15, 0.2) is 0 Å². The highest BCUT2D eigenvalue weighted by molar-refractivity contribution is 7.84. The van der Waals surface area contributed by atoms with E-state index in [1.807, 2.05) is 6.92 Å². The summed E-state index contributed by atoms with van der Waals surface area (Å²) in [5.41, 5.74) is 0. The van der Waals surface area contributed by atoms with Crippen molar-refractivity contribution in [3.05, 3.63) is 11.0 Å². The number of allylic oxidation sites excluding steroid dienone is 1. The van der Waals surface area contributed by atoms with Crippen LogP contribution in [0.15, 0.2) is 11.0 Å². The van der Waals surface area contributed by atoms with Gasteiger partial charge in [-0.2, -0.15) is 0 Å². The Morgan fingerprint density at radius 3 is 3.00 bits per heavy atom. The molecule has 0 fully saturated rings. The largest absolute Gasteiger partial charge is 0.379 e. The lowest BCUT2D eigenvalue weighted by Gasteiger charge is -2.30. The maximum absolute atomic E-state index is 9.44. The number of rotatable bonds is 3. The molecule has 0 saturated heterocycles. The zero-order chi connectivity index (χ0) is 9.84. The average Bonchev–Trinajstić information content (AvgIpc) is 2.09. The Morgan fingerprint density at radius 2 is 2.46 bits per heavy atom. The van der Waals surface area contributed by atoms with Gasteiger partial charge in [0.1, 0.15) is 6.23 Å². The quantitative estimate of drug-likeness (QED) is 0.481. The van der Waals surface area contributed by atoms with Gasteiger partial charge in [0.2, 0.25) is 0 Å². The molecule has 0 aromatic heterocycles. The number of aliphatic hydroxyl groups is 1. The second-order valence-electron chi connectivity index (χ2n) is 3.81. The fourth-order valence-electron chi connectivity index (χ4n) is 1.65. The van der Waals surface area contributed by atoms with Crippen molar-refractivity contribution in [1.82, 2.24) is 5.32 Å². The van der Waals surface area contributed by atoms with Crippen LogP contribution in [0.4, 0.5) is 0 Å². The zero-order valence-electron chi connectivity index (χ0n) is 8.33. The lowest BCUT2D eigenvalue weighted by atomic mass is 9.90. The van der Waals surface area contributed by atoms with Crippen molar-refractivity contribution >= 4 is 12.6 Å². The molecule has 0 heterocycles. The van der Waals surface area contributed by atoms with E-state index in [0.29, 0.717) is 12.0 Å². The fourth-order valence-corrected chi connectivity index (χ4v) is 2.04. The van der Waals surface area contributed by atoms with Crippen molar-refractivity contribution in [3.63, 3.8) is 0 Å². The number of thiol groups is 1. The molecule has 13 heavy (non-hydrogen) atoms. The highest BCUT2D eigenvalue weighted by Crippen LogP contribution is 2.26. The molecule has 3 heteroatoms. The highest BCUT2D eigenvalue weighted by Gasteiger charge is 2.22. The van der Waals surface area contributed by atoms with Gasteiger partial charge in [-0.1, -0.05) is 19.9 Å². The minimum absolute atomic E-state index is 0.359.